The van der Waals surface area contributed by atoms with E-state index >= 15 is 0 Å². The predicted octanol–water partition coefficient (Wildman–Crippen LogP) is 7.95. The number of alkyl carbamates (subject to hydrolysis) is 2. The third-order valence-electron chi connectivity index (χ3n) is 13.8. The first-order valence-corrected chi connectivity index (χ1v) is 23.2. The van der Waals surface area contributed by atoms with Crippen molar-refractivity contribution < 1.29 is 33.7 Å². The number of nitrogens with one attached hydrogen (secondary N) is 4. The predicted molar refractivity (Wildman–Crippen MR) is 246 cm³/mol. The Morgan fingerprint density at radius 3 is 2.55 bits per heavy atom. The maximum atomic E-state index is 13.7. The maximum absolute atomic E-state index is 13.7. The molecule has 4 aromatic rings. The number of hydrogen-bond acceptors (Lipinski definition) is 10. The topological polar surface area (TPSA) is 187 Å². The van der Waals surface area contributed by atoms with Gasteiger partial charge in [-0.15, -0.1) is 0 Å². The van der Waals surface area contributed by atoms with Crippen molar-refractivity contribution in [1.82, 2.24) is 40.4 Å². The Morgan fingerprint density at radius 2 is 1.78 bits per heavy atom. The second-order valence-electron chi connectivity index (χ2n) is 18.2. The van der Waals surface area contributed by atoms with Crippen LogP contribution in [0.3, 0.4) is 0 Å². The summed E-state index contributed by atoms with van der Waals surface area (Å²) in [5.74, 6) is 3.31. The first kappa shape index (κ1) is 45.6. The molecule has 3 aliphatic carbocycles. The number of aryl methyl sites for hydroxylation is 1. The number of aromatic amines is 2. The Bertz CT molecular complexity index is 2400. The molecule has 0 radical (unpaired) electrons. The number of fused-ring (bicyclic) bond motifs is 2. The van der Waals surface area contributed by atoms with E-state index in [4.69, 9.17) is 24.2 Å². The minimum atomic E-state index is -1.08. The number of para-hydroxylation sites is 1. The van der Waals surface area contributed by atoms with Gasteiger partial charge in [-0.3, -0.25) is 9.69 Å². The number of aliphatic hydroxyl groups is 1. The fraction of sp³-hybridized carbons (Fsp3) is 0.500. The molecular formula is C50H64N8O7. The van der Waals surface area contributed by atoms with Gasteiger partial charge in [0.2, 0.25) is 5.91 Å². The van der Waals surface area contributed by atoms with Gasteiger partial charge < -0.3 is 44.8 Å². The number of imidazole rings is 2. The summed E-state index contributed by atoms with van der Waals surface area (Å²) in [5, 5.41) is 17.5. The second kappa shape index (κ2) is 20.1. The zero-order chi connectivity index (χ0) is 45.8. The molecule has 3 amide bonds. The summed E-state index contributed by atoms with van der Waals surface area (Å²) in [6, 6.07) is 12.3. The Morgan fingerprint density at radius 1 is 0.985 bits per heavy atom. The van der Waals surface area contributed by atoms with Crippen LogP contribution in [0.1, 0.15) is 118 Å². The molecule has 65 heavy (non-hydrogen) atoms. The first-order chi connectivity index (χ1) is 31.5. The molecule has 346 valence electrons. The molecule has 7 atom stereocenters. The van der Waals surface area contributed by atoms with Gasteiger partial charge in [0.1, 0.15) is 35.7 Å². The van der Waals surface area contributed by atoms with Crippen LogP contribution >= 0.6 is 0 Å². The van der Waals surface area contributed by atoms with E-state index < -0.39 is 30.5 Å². The molecule has 0 bridgehead atoms. The van der Waals surface area contributed by atoms with Gasteiger partial charge in [0.25, 0.3) is 0 Å². The Kier molecular flexibility index (Phi) is 14.1. The molecule has 0 spiro atoms. The Hall–Kier alpha value is -5.93. The van der Waals surface area contributed by atoms with Crippen LogP contribution in [0.15, 0.2) is 72.1 Å². The summed E-state index contributed by atoms with van der Waals surface area (Å²) in [6.45, 7) is 7.54. The van der Waals surface area contributed by atoms with Gasteiger partial charge in [0.05, 0.1) is 45.8 Å². The lowest BCUT2D eigenvalue weighted by molar-refractivity contribution is -0.135. The number of benzene rings is 2. The molecule has 15 heteroatoms. The van der Waals surface area contributed by atoms with Gasteiger partial charge in [-0.1, -0.05) is 69.7 Å². The molecule has 5 N–H and O–H groups in total. The number of likely N-dealkylation sites (tertiary alicyclic amines) is 1. The van der Waals surface area contributed by atoms with E-state index in [1.165, 1.54) is 36.5 Å². The molecule has 5 unspecified atom stereocenters. The summed E-state index contributed by atoms with van der Waals surface area (Å²) < 4.78 is 15.3. The fourth-order valence-electron chi connectivity index (χ4n) is 10.2. The van der Waals surface area contributed by atoms with Crippen LogP contribution in [0, 0.1) is 17.8 Å². The first-order valence-electron chi connectivity index (χ1n) is 23.2. The van der Waals surface area contributed by atoms with Crippen molar-refractivity contribution in [3.8, 4) is 17.0 Å². The van der Waals surface area contributed by atoms with E-state index in [1.807, 2.05) is 60.3 Å². The molecule has 2 fully saturated rings. The third-order valence-corrected chi connectivity index (χ3v) is 13.8. The van der Waals surface area contributed by atoms with Gasteiger partial charge >= 0.3 is 12.2 Å². The molecule has 8 rings (SSSR count). The van der Waals surface area contributed by atoms with Crippen LogP contribution in [0.5, 0.6) is 5.75 Å². The number of allylic oxidation sites excluding steroid dienone is 3. The van der Waals surface area contributed by atoms with E-state index in [1.54, 1.807) is 7.11 Å². The van der Waals surface area contributed by atoms with Crippen molar-refractivity contribution in [2.45, 2.75) is 109 Å². The highest BCUT2D eigenvalue weighted by molar-refractivity contribution is 5.86. The number of nitrogens with zero attached hydrogens (tertiary/aromatic N) is 4. The third kappa shape index (κ3) is 9.86. The van der Waals surface area contributed by atoms with Crippen molar-refractivity contribution in [3.63, 3.8) is 0 Å². The summed E-state index contributed by atoms with van der Waals surface area (Å²) in [6.07, 6.45) is 13.9. The number of hydrogen-bond donors (Lipinski definition) is 5. The van der Waals surface area contributed by atoms with E-state index in [9.17, 15) is 19.5 Å². The zero-order valence-corrected chi connectivity index (χ0v) is 38.4. The van der Waals surface area contributed by atoms with E-state index in [0.717, 1.165) is 80.0 Å². The highest BCUT2D eigenvalue weighted by Gasteiger charge is 2.49. The summed E-state index contributed by atoms with van der Waals surface area (Å²) in [4.78, 5) is 58.7. The maximum Gasteiger partial charge on any atom is 0.407 e. The molecule has 1 saturated heterocycles. The molecule has 1 aliphatic heterocycles. The molecule has 1 saturated carbocycles. The van der Waals surface area contributed by atoms with Gasteiger partial charge in [-0.25, -0.2) is 19.6 Å². The number of H-pyrrole nitrogens is 2. The lowest BCUT2D eigenvalue weighted by Gasteiger charge is -2.34. The molecule has 15 nitrogen and oxygen atoms in total. The van der Waals surface area contributed by atoms with Crippen molar-refractivity contribution in [2.24, 2.45) is 17.8 Å². The van der Waals surface area contributed by atoms with Crippen LogP contribution in [-0.2, 0) is 27.2 Å². The fourth-order valence-corrected chi connectivity index (χ4v) is 10.2. The normalized spacial score (nSPS) is 21.4. The summed E-state index contributed by atoms with van der Waals surface area (Å²) in [5.41, 5.74) is 9.26. The van der Waals surface area contributed by atoms with Crippen molar-refractivity contribution in [2.75, 3.05) is 34.4 Å². The van der Waals surface area contributed by atoms with Gasteiger partial charge in [-0.05, 0) is 103 Å². The number of amides is 3. The lowest BCUT2D eigenvalue weighted by atomic mass is 9.80. The van der Waals surface area contributed by atoms with Gasteiger partial charge in [-0.2, -0.15) is 0 Å². The quantitative estimate of drug-likeness (QED) is 0.0652. The van der Waals surface area contributed by atoms with Crippen molar-refractivity contribution >= 4 is 24.2 Å². The number of carbonyl (C=O) groups excluding carboxylic acids is 3. The van der Waals surface area contributed by atoms with Crippen LogP contribution in [0.4, 0.5) is 9.59 Å². The standard InChI is InChI=1S/C50H64N8O7/c1-7-8-21-57(47(59)45(56-50(62)65-6)36-12-9-10-14-42(36)63-4)28-43-51-27-40(53-43)35-20-19-34(37-25-38(35)37)32-17-15-31-24-33(18-16-30(31)23-32)39-26-52-46(54-39)41-13-11-22-58(41)48(60)44(29(2)3)55-49(61)64-5/h9-10,12,14,16,18-19,23-24,26-27,29,35,37-38,41,44-45,47,59H,7-8,11,13,15,17,20-22,25,28H2,1-6H3,(H,51,53)(H,52,54)(H,55,61)(H,56,62)/t35?,37?,38?,41?,44-,45+,47?/m0/s1. The highest BCUT2D eigenvalue weighted by Crippen LogP contribution is 2.59. The summed E-state index contributed by atoms with van der Waals surface area (Å²) in [7, 11) is 4.19. The molecule has 3 heterocycles. The SMILES string of the molecule is CCCCN(Cc1ncc(C2CC=C(C3=Cc4ccc(-c5cnc(C6CCCN6C(=O)[C@@H](NC(=O)OC)C(C)C)[nH]5)cc4CC3)C3CC32)[nH]1)C(O)[C@H](NC(=O)OC)c1ccccc1OC. The number of ether oxygens (including phenoxy) is 3. The number of aromatic nitrogens is 4. The number of methoxy groups -OCH3 is 3. The van der Waals surface area contributed by atoms with E-state index in [-0.39, 0.29) is 17.9 Å². The van der Waals surface area contributed by atoms with Crippen LogP contribution in [-0.4, -0.2) is 99.6 Å². The molecule has 4 aliphatic rings. The van der Waals surface area contributed by atoms with Crippen LogP contribution in [0.2, 0.25) is 0 Å². The Labute approximate surface area is 381 Å². The van der Waals surface area contributed by atoms with E-state index in [2.05, 4.69) is 57.9 Å². The average Bonchev–Trinajstić information content (AvgIpc) is 3.63. The Balaban J connectivity index is 0.925. The highest BCUT2D eigenvalue weighted by atomic mass is 16.5. The lowest BCUT2D eigenvalue weighted by Crippen LogP contribution is -2.51. The van der Waals surface area contributed by atoms with Crippen molar-refractivity contribution in [3.05, 3.63) is 106 Å². The number of rotatable bonds is 17. The van der Waals surface area contributed by atoms with Gasteiger partial charge in [0, 0.05) is 36.5 Å². The second-order valence-corrected chi connectivity index (χ2v) is 18.2. The minimum absolute atomic E-state index is 0.0966. The smallest absolute Gasteiger partial charge is 0.407 e. The summed E-state index contributed by atoms with van der Waals surface area (Å²) >= 11 is 0. The number of aliphatic hydroxyl groups excluding tert-OH is 1. The van der Waals surface area contributed by atoms with Crippen molar-refractivity contribution in [1.29, 1.82) is 0 Å². The molecule has 2 aromatic heterocycles. The zero-order valence-electron chi connectivity index (χ0n) is 38.4. The molecular weight excluding hydrogens is 825 g/mol. The van der Waals surface area contributed by atoms with Crippen LogP contribution < -0.4 is 15.4 Å². The van der Waals surface area contributed by atoms with Crippen LogP contribution in [0.25, 0.3) is 17.3 Å². The largest absolute Gasteiger partial charge is 0.496 e. The average molecular weight is 889 g/mol. The monoisotopic (exact) mass is 888 g/mol. The number of carbonyl (C=O) groups is 3. The van der Waals surface area contributed by atoms with Gasteiger partial charge in [0.15, 0.2) is 0 Å². The number of unbranched alkanes of at least 4 members (excludes halogenated alkanes) is 1. The van der Waals surface area contributed by atoms with E-state index in [0.29, 0.717) is 48.7 Å². The molecule has 2 aromatic carbocycles. The minimum Gasteiger partial charge on any atom is -0.496 e.